The molecule has 0 unspecified atom stereocenters. The van der Waals surface area contributed by atoms with Crippen LogP contribution < -0.4 is 11.1 Å². The van der Waals surface area contributed by atoms with E-state index in [9.17, 15) is 4.79 Å². The summed E-state index contributed by atoms with van der Waals surface area (Å²) < 4.78 is 0. The van der Waals surface area contributed by atoms with Gasteiger partial charge in [0.05, 0.1) is 0 Å². The Balaban J connectivity index is 2.05. The van der Waals surface area contributed by atoms with Crippen molar-refractivity contribution >= 4 is 11.6 Å². The highest BCUT2D eigenvalue weighted by atomic mass is 16.1. The number of rotatable bonds is 3. The average molecular weight is 255 g/mol. The van der Waals surface area contributed by atoms with Crippen LogP contribution in [0.2, 0.25) is 0 Å². The topological polar surface area (TPSA) is 68.0 Å². The van der Waals surface area contributed by atoms with E-state index >= 15 is 0 Å². The van der Waals surface area contributed by atoms with E-state index in [1.54, 1.807) is 30.6 Å². The number of aromatic nitrogens is 1. The van der Waals surface area contributed by atoms with Crippen LogP contribution in [0.3, 0.4) is 0 Å². The van der Waals surface area contributed by atoms with Gasteiger partial charge < -0.3 is 11.1 Å². The number of amides is 1. The first kappa shape index (κ1) is 13.1. The smallest absolute Gasteiger partial charge is 0.251 e. The van der Waals surface area contributed by atoms with Gasteiger partial charge in [-0.3, -0.25) is 9.78 Å². The predicted molar refractivity (Wildman–Crippen MR) is 75.7 cm³/mol. The largest absolute Gasteiger partial charge is 0.399 e. The van der Waals surface area contributed by atoms with Gasteiger partial charge in [-0.05, 0) is 54.8 Å². The number of carbonyl (C=O) groups is 1. The predicted octanol–water partition coefficient (Wildman–Crippen LogP) is 2.21. The van der Waals surface area contributed by atoms with Crippen LogP contribution in [0.25, 0.3) is 0 Å². The summed E-state index contributed by atoms with van der Waals surface area (Å²) in [5, 5.41) is 2.88. The first-order valence-electron chi connectivity index (χ1n) is 6.12. The number of benzene rings is 1. The van der Waals surface area contributed by atoms with Crippen LogP contribution in [0.1, 0.15) is 27.0 Å². The molecule has 4 nitrogen and oxygen atoms in total. The van der Waals surface area contributed by atoms with Crippen molar-refractivity contribution in [1.82, 2.24) is 10.3 Å². The highest BCUT2D eigenvalue weighted by Gasteiger charge is 2.07. The van der Waals surface area contributed by atoms with Crippen LogP contribution >= 0.6 is 0 Å². The van der Waals surface area contributed by atoms with E-state index in [1.807, 2.05) is 19.9 Å². The van der Waals surface area contributed by atoms with Crippen LogP contribution in [-0.2, 0) is 6.54 Å². The second-order valence-electron chi connectivity index (χ2n) is 4.56. The molecular formula is C15H17N3O. The molecule has 1 amide bonds. The molecule has 0 aliphatic heterocycles. The van der Waals surface area contributed by atoms with E-state index in [2.05, 4.69) is 10.3 Å². The minimum atomic E-state index is -0.105. The second kappa shape index (κ2) is 5.52. The van der Waals surface area contributed by atoms with Crippen LogP contribution in [0, 0.1) is 13.8 Å². The van der Waals surface area contributed by atoms with Gasteiger partial charge in [-0.1, -0.05) is 0 Å². The summed E-state index contributed by atoms with van der Waals surface area (Å²) in [7, 11) is 0. The number of anilines is 1. The maximum atomic E-state index is 12.0. The van der Waals surface area contributed by atoms with Crippen LogP contribution in [0.4, 0.5) is 5.69 Å². The first-order valence-corrected chi connectivity index (χ1v) is 6.12. The van der Waals surface area contributed by atoms with Gasteiger partial charge in [0.25, 0.3) is 5.91 Å². The van der Waals surface area contributed by atoms with Crippen molar-refractivity contribution in [3.63, 3.8) is 0 Å². The third-order valence-corrected chi connectivity index (χ3v) is 3.12. The fourth-order valence-electron chi connectivity index (χ4n) is 1.78. The summed E-state index contributed by atoms with van der Waals surface area (Å²) in [6.07, 6.45) is 3.51. The molecular weight excluding hydrogens is 238 g/mol. The number of nitrogen functional groups attached to an aromatic ring is 1. The monoisotopic (exact) mass is 255 g/mol. The molecule has 0 fully saturated rings. The molecule has 1 aromatic heterocycles. The van der Waals surface area contributed by atoms with Crippen molar-refractivity contribution in [2.75, 3.05) is 5.73 Å². The Kier molecular flexibility index (Phi) is 3.80. The third kappa shape index (κ3) is 3.10. The summed E-state index contributed by atoms with van der Waals surface area (Å²) >= 11 is 0. The molecule has 0 aliphatic carbocycles. The Morgan fingerprint density at radius 1 is 1.26 bits per heavy atom. The van der Waals surface area contributed by atoms with Gasteiger partial charge in [-0.2, -0.15) is 0 Å². The molecule has 2 aromatic rings. The van der Waals surface area contributed by atoms with Crippen LogP contribution in [0.5, 0.6) is 0 Å². The summed E-state index contributed by atoms with van der Waals surface area (Å²) in [6.45, 7) is 4.36. The zero-order valence-corrected chi connectivity index (χ0v) is 11.1. The second-order valence-corrected chi connectivity index (χ2v) is 4.56. The van der Waals surface area contributed by atoms with E-state index in [4.69, 9.17) is 5.73 Å². The highest BCUT2D eigenvalue weighted by molar-refractivity contribution is 5.94. The molecule has 3 N–H and O–H groups in total. The Bertz CT molecular complexity index is 608. The standard InChI is InChI=1S/C15H17N3O/c1-10-5-6-17-8-13(10)9-18-15(19)12-3-4-14(16)11(2)7-12/h3-8H,9,16H2,1-2H3,(H,18,19). The lowest BCUT2D eigenvalue weighted by Crippen LogP contribution is -2.23. The van der Waals surface area contributed by atoms with Crippen molar-refractivity contribution < 1.29 is 4.79 Å². The molecule has 19 heavy (non-hydrogen) atoms. The fourth-order valence-corrected chi connectivity index (χ4v) is 1.78. The number of pyridine rings is 1. The summed E-state index contributed by atoms with van der Waals surface area (Å²) in [5.74, 6) is -0.105. The van der Waals surface area contributed by atoms with Crippen molar-refractivity contribution in [2.45, 2.75) is 20.4 Å². The number of hydrogen-bond acceptors (Lipinski definition) is 3. The third-order valence-electron chi connectivity index (χ3n) is 3.12. The lowest BCUT2D eigenvalue weighted by molar-refractivity contribution is 0.0951. The molecule has 0 spiro atoms. The Morgan fingerprint density at radius 3 is 2.74 bits per heavy atom. The number of hydrogen-bond donors (Lipinski definition) is 2. The number of carbonyl (C=O) groups excluding carboxylic acids is 1. The fraction of sp³-hybridized carbons (Fsp3) is 0.200. The molecule has 0 atom stereocenters. The maximum Gasteiger partial charge on any atom is 0.251 e. The zero-order chi connectivity index (χ0) is 13.8. The van der Waals surface area contributed by atoms with Gasteiger partial charge >= 0.3 is 0 Å². The molecule has 4 heteroatoms. The average Bonchev–Trinajstić information content (AvgIpc) is 2.40. The van der Waals surface area contributed by atoms with Gasteiger partial charge in [0.2, 0.25) is 0 Å². The number of nitrogens with two attached hydrogens (primary N) is 1. The number of nitrogens with one attached hydrogen (secondary N) is 1. The zero-order valence-electron chi connectivity index (χ0n) is 11.1. The van der Waals surface area contributed by atoms with E-state index < -0.39 is 0 Å². The Morgan fingerprint density at radius 2 is 2.05 bits per heavy atom. The first-order chi connectivity index (χ1) is 9.08. The molecule has 1 heterocycles. The minimum absolute atomic E-state index is 0.105. The number of aryl methyl sites for hydroxylation is 2. The molecule has 0 radical (unpaired) electrons. The van der Waals surface area contributed by atoms with Crippen molar-refractivity contribution in [1.29, 1.82) is 0 Å². The van der Waals surface area contributed by atoms with E-state index in [-0.39, 0.29) is 5.91 Å². The Labute approximate surface area is 112 Å². The molecule has 2 rings (SSSR count). The Hall–Kier alpha value is -2.36. The number of nitrogens with zero attached hydrogens (tertiary/aromatic N) is 1. The lowest BCUT2D eigenvalue weighted by Gasteiger charge is -2.08. The normalized spacial score (nSPS) is 10.2. The SMILES string of the molecule is Cc1cc(C(=O)NCc2cnccc2C)ccc1N. The highest BCUT2D eigenvalue weighted by Crippen LogP contribution is 2.13. The van der Waals surface area contributed by atoms with Gasteiger partial charge in [0.1, 0.15) is 0 Å². The molecule has 0 saturated carbocycles. The van der Waals surface area contributed by atoms with Crippen molar-refractivity contribution in [2.24, 2.45) is 0 Å². The van der Waals surface area contributed by atoms with Gasteiger partial charge in [-0.15, -0.1) is 0 Å². The van der Waals surface area contributed by atoms with E-state index in [0.717, 1.165) is 16.7 Å². The van der Waals surface area contributed by atoms with E-state index in [0.29, 0.717) is 17.8 Å². The summed E-state index contributed by atoms with van der Waals surface area (Å²) in [4.78, 5) is 16.1. The van der Waals surface area contributed by atoms with Gasteiger partial charge in [0.15, 0.2) is 0 Å². The summed E-state index contributed by atoms with van der Waals surface area (Å²) in [5.41, 5.74) is 10.1. The molecule has 0 bridgehead atoms. The molecule has 0 aliphatic rings. The van der Waals surface area contributed by atoms with Gasteiger partial charge in [0, 0.05) is 30.2 Å². The molecule has 0 saturated heterocycles. The lowest BCUT2D eigenvalue weighted by atomic mass is 10.1. The quantitative estimate of drug-likeness (QED) is 0.826. The summed E-state index contributed by atoms with van der Waals surface area (Å²) in [6, 6.07) is 7.20. The molecule has 1 aromatic carbocycles. The maximum absolute atomic E-state index is 12.0. The van der Waals surface area contributed by atoms with Gasteiger partial charge in [-0.25, -0.2) is 0 Å². The van der Waals surface area contributed by atoms with E-state index in [1.165, 1.54) is 0 Å². The van der Waals surface area contributed by atoms with Crippen molar-refractivity contribution in [3.05, 3.63) is 58.9 Å². The minimum Gasteiger partial charge on any atom is -0.399 e. The molecule has 98 valence electrons. The van der Waals surface area contributed by atoms with Crippen LogP contribution in [-0.4, -0.2) is 10.9 Å². The van der Waals surface area contributed by atoms with Crippen molar-refractivity contribution in [3.8, 4) is 0 Å². The van der Waals surface area contributed by atoms with Crippen LogP contribution in [0.15, 0.2) is 36.7 Å².